The first-order valence-electron chi connectivity index (χ1n) is 14.7. The highest BCUT2D eigenvalue weighted by Gasteiger charge is 2.44. The number of ether oxygens (including phenoxy) is 1. The molecule has 4 aromatic rings. The van der Waals surface area contributed by atoms with Crippen LogP contribution in [0.3, 0.4) is 0 Å². The van der Waals surface area contributed by atoms with E-state index in [4.69, 9.17) is 0 Å². The molecule has 0 unspecified atom stereocenters. The molecule has 0 saturated carbocycles. The molecule has 0 radical (unpaired) electrons. The molecule has 9 heteroatoms. The van der Waals surface area contributed by atoms with Crippen LogP contribution < -0.4 is 9.64 Å². The zero-order valence-corrected chi connectivity index (χ0v) is 24.7. The number of benzene rings is 4. The molecule has 2 aliphatic heterocycles. The summed E-state index contributed by atoms with van der Waals surface area (Å²) in [5.41, 5.74) is 5.98. The molecule has 0 bridgehead atoms. The van der Waals surface area contributed by atoms with Gasteiger partial charge in [-0.25, -0.2) is 18.0 Å². The molecule has 6 rings (SSSR count). The predicted octanol–water partition coefficient (Wildman–Crippen LogP) is 8.49. The monoisotopic (exact) mass is 617 g/mol. The molecule has 0 amide bonds. The summed E-state index contributed by atoms with van der Waals surface area (Å²) in [6, 6.07) is 22.8. The highest BCUT2D eigenvalue weighted by Crippen LogP contribution is 2.41. The highest BCUT2D eigenvalue weighted by atomic mass is 19.2. The molecule has 0 spiro atoms. The number of halogens is 5. The number of anilines is 1. The van der Waals surface area contributed by atoms with Crippen molar-refractivity contribution in [2.75, 3.05) is 18.0 Å². The Kier molecular flexibility index (Phi) is 8.03. The average molecular weight is 618 g/mol. The average Bonchev–Trinajstić information content (AvgIpc) is 3.66. The quantitative estimate of drug-likeness (QED) is 0.0521. The van der Waals surface area contributed by atoms with Crippen LogP contribution in [0.25, 0.3) is 6.08 Å². The van der Waals surface area contributed by atoms with Gasteiger partial charge in [-0.3, -0.25) is 0 Å². The predicted molar refractivity (Wildman–Crippen MR) is 163 cm³/mol. The van der Waals surface area contributed by atoms with Gasteiger partial charge >= 0.3 is 5.97 Å². The van der Waals surface area contributed by atoms with Crippen molar-refractivity contribution in [3.05, 3.63) is 130 Å². The van der Waals surface area contributed by atoms with Gasteiger partial charge < -0.3 is 9.64 Å². The zero-order valence-electron chi connectivity index (χ0n) is 24.7. The molecule has 2 aliphatic rings. The SMILES string of the molecule is CC1(C)C(/C=C/c2ccc(N3CCCC3)cc2)=[N+](Cc2ccc(C(=O)Oc3c(F)c(F)c(F)c(F)c3F)cc2)c2ccccc21. The maximum Gasteiger partial charge on any atom is 0.343 e. The minimum absolute atomic E-state index is 0.119. The van der Waals surface area contributed by atoms with Crippen LogP contribution in [0.1, 0.15) is 53.7 Å². The summed E-state index contributed by atoms with van der Waals surface area (Å²) in [6.45, 7) is 6.95. The fraction of sp³-hybridized carbons (Fsp3) is 0.222. The fourth-order valence-corrected chi connectivity index (χ4v) is 6.01. The van der Waals surface area contributed by atoms with E-state index in [9.17, 15) is 26.7 Å². The van der Waals surface area contributed by atoms with Gasteiger partial charge in [0.25, 0.3) is 0 Å². The van der Waals surface area contributed by atoms with E-state index in [-0.39, 0.29) is 11.0 Å². The van der Waals surface area contributed by atoms with Crippen LogP contribution in [-0.4, -0.2) is 29.3 Å². The third-order valence-electron chi connectivity index (χ3n) is 8.49. The van der Waals surface area contributed by atoms with E-state index in [1.165, 1.54) is 30.7 Å². The molecule has 0 N–H and O–H groups in total. The molecule has 1 saturated heterocycles. The smallest absolute Gasteiger partial charge is 0.343 e. The summed E-state index contributed by atoms with van der Waals surface area (Å²) in [5.74, 6) is -14.1. The van der Waals surface area contributed by atoms with Gasteiger partial charge in [0.1, 0.15) is 0 Å². The third-order valence-corrected chi connectivity index (χ3v) is 8.49. The third kappa shape index (κ3) is 5.63. The molecule has 45 heavy (non-hydrogen) atoms. The summed E-state index contributed by atoms with van der Waals surface area (Å²) in [6.07, 6.45) is 6.66. The van der Waals surface area contributed by atoms with Gasteiger partial charge in [0.2, 0.25) is 40.5 Å². The molecule has 2 heterocycles. The Hall–Kier alpha value is -4.79. The lowest BCUT2D eigenvalue weighted by atomic mass is 9.81. The number of carbonyl (C=O) groups excluding carboxylic acids is 1. The van der Waals surface area contributed by atoms with Crippen LogP contribution in [-0.2, 0) is 12.0 Å². The first kappa shape index (κ1) is 30.2. The van der Waals surface area contributed by atoms with Crippen LogP contribution in [0.5, 0.6) is 5.75 Å². The van der Waals surface area contributed by atoms with Gasteiger partial charge in [0.15, 0.2) is 12.3 Å². The lowest BCUT2D eigenvalue weighted by Crippen LogP contribution is -2.27. The Morgan fingerprint density at radius 1 is 0.800 bits per heavy atom. The standard InChI is InChI=1S/C36H30F5N2O2/c1-36(2)26-7-3-4-8-27(26)43(28(36)18-13-22-11-16-25(17-12-22)42-19-5-6-20-42)21-23-9-14-24(15-10-23)35(44)45-34-32(40)30(38)29(37)31(39)33(34)41/h3-4,7-18H,5-6,19-21H2,1-2H3/q+1. The lowest BCUT2D eigenvalue weighted by molar-refractivity contribution is -0.455. The molecule has 0 aliphatic carbocycles. The Balaban J connectivity index is 1.26. The van der Waals surface area contributed by atoms with Crippen molar-refractivity contribution in [1.82, 2.24) is 0 Å². The van der Waals surface area contributed by atoms with E-state index < -0.39 is 40.8 Å². The van der Waals surface area contributed by atoms with Gasteiger partial charge in [-0.05, 0) is 62.6 Å². The number of esters is 1. The molecule has 230 valence electrons. The minimum atomic E-state index is -2.33. The number of rotatable bonds is 7. The molecule has 0 atom stereocenters. The summed E-state index contributed by atoms with van der Waals surface area (Å²) >= 11 is 0. The second-order valence-corrected chi connectivity index (χ2v) is 11.7. The van der Waals surface area contributed by atoms with E-state index in [0.717, 1.165) is 41.2 Å². The van der Waals surface area contributed by atoms with E-state index in [1.54, 1.807) is 12.1 Å². The van der Waals surface area contributed by atoms with Crippen LogP contribution in [0.4, 0.5) is 33.3 Å². The molecule has 0 aromatic heterocycles. The maximum atomic E-state index is 14.0. The summed E-state index contributed by atoms with van der Waals surface area (Å²) < 4.78 is 75.3. The van der Waals surface area contributed by atoms with Crippen molar-refractivity contribution in [3.63, 3.8) is 0 Å². The number of carbonyl (C=O) groups is 1. The number of hydrogen-bond donors (Lipinski definition) is 0. The Bertz CT molecular complexity index is 1810. The number of nitrogens with zero attached hydrogens (tertiary/aromatic N) is 2. The fourth-order valence-electron chi connectivity index (χ4n) is 6.01. The first-order valence-corrected chi connectivity index (χ1v) is 14.7. The molecule has 4 nitrogen and oxygen atoms in total. The molecular formula is C36H30F5N2O2+. The van der Waals surface area contributed by atoms with Crippen LogP contribution in [0, 0.1) is 29.1 Å². The second kappa shape index (κ2) is 12.0. The van der Waals surface area contributed by atoms with Crippen molar-refractivity contribution < 1.29 is 36.1 Å². The van der Waals surface area contributed by atoms with Gasteiger partial charge in [0.05, 0.1) is 11.0 Å². The maximum absolute atomic E-state index is 14.0. The normalized spacial score (nSPS) is 15.7. The van der Waals surface area contributed by atoms with Crippen molar-refractivity contribution in [1.29, 1.82) is 0 Å². The van der Waals surface area contributed by atoms with Crippen molar-refractivity contribution in [2.45, 2.75) is 38.6 Å². The first-order chi connectivity index (χ1) is 21.6. The number of allylic oxidation sites excluding steroid dienone is 1. The largest absolute Gasteiger partial charge is 0.416 e. The van der Waals surface area contributed by atoms with Crippen LogP contribution in [0.2, 0.25) is 0 Å². The summed E-state index contributed by atoms with van der Waals surface area (Å²) in [4.78, 5) is 15.0. The van der Waals surface area contributed by atoms with Crippen LogP contribution in [0.15, 0.2) is 78.9 Å². The van der Waals surface area contributed by atoms with E-state index in [2.05, 4.69) is 76.6 Å². The number of hydrogen-bond acceptors (Lipinski definition) is 3. The van der Waals surface area contributed by atoms with E-state index in [0.29, 0.717) is 6.54 Å². The van der Waals surface area contributed by atoms with Gasteiger partial charge in [-0.2, -0.15) is 13.4 Å². The minimum Gasteiger partial charge on any atom is -0.416 e. The van der Waals surface area contributed by atoms with Gasteiger partial charge in [-0.15, -0.1) is 0 Å². The number of fused-ring (bicyclic) bond motifs is 1. The van der Waals surface area contributed by atoms with E-state index >= 15 is 0 Å². The summed E-state index contributed by atoms with van der Waals surface area (Å²) in [5, 5.41) is 0. The number of para-hydroxylation sites is 1. The summed E-state index contributed by atoms with van der Waals surface area (Å²) in [7, 11) is 0. The molecular weight excluding hydrogens is 587 g/mol. The van der Waals surface area contributed by atoms with Crippen molar-refractivity contribution in [2.24, 2.45) is 0 Å². The van der Waals surface area contributed by atoms with E-state index in [1.807, 2.05) is 12.1 Å². The lowest BCUT2D eigenvalue weighted by Gasteiger charge is -2.17. The highest BCUT2D eigenvalue weighted by molar-refractivity contribution is 6.05. The topological polar surface area (TPSA) is 32.5 Å². The molecule has 4 aromatic carbocycles. The van der Waals surface area contributed by atoms with Crippen molar-refractivity contribution in [3.8, 4) is 5.75 Å². The second-order valence-electron chi connectivity index (χ2n) is 11.7. The zero-order chi connectivity index (χ0) is 31.9. The molecule has 1 fully saturated rings. The Morgan fingerprint density at radius 2 is 1.40 bits per heavy atom. The van der Waals surface area contributed by atoms with Gasteiger partial charge in [-0.1, -0.05) is 42.5 Å². The van der Waals surface area contributed by atoms with Gasteiger partial charge in [0, 0.05) is 42.0 Å². The Labute approximate surface area is 257 Å². The van der Waals surface area contributed by atoms with Crippen LogP contribution >= 0.6 is 0 Å². The Morgan fingerprint density at radius 3 is 2.04 bits per heavy atom. The van der Waals surface area contributed by atoms with Crippen molar-refractivity contribution >= 4 is 29.1 Å².